The Morgan fingerprint density at radius 3 is 2.62 bits per heavy atom. The predicted octanol–water partition coefficient (Wildman–Crippen LogP) is 2.96. The van der Waals surface area contributed by atoms with Gasteiger partial charge in [-0.25, -0.2) is 4.39 Å². The van der Waals surface area contributed by atoms with Crippen LogP contribution in [-0.4, -0.2) is 23.0 Å². The smallest absolute Gasteiger partial charge is 0.233 e. The molecule has 0 aliphatic rings. The molecule has 2 rings (SSSR count). The molecule has 128 valence electrons. The number of carbonyl (C=O) groups excluding carboxylic acids is 1. The van der Waals surface area contributed by atoms with Crippen LogP contribution in [0.15, 0.2) is 48.5 Å². The third-order valence-corrected chi connectivity index (χ3v) is 4.74. The lowest BCUT2D eigenvalue weighted by Crippen LogP contribution is -2.31. The average Bonchev–Trinajstić information content (AvgIpc) is 2.55. The van der Waals surface area contributed by atoms with Gasteiger partial charge in [0.15, 0.2) is 0 Å². The third kappa shape index (κ3) is 5.45. The Hall–Kier alpha value is -2.21. The van der Waals surface area contributed by atoms with Gasteiger partial charge in [0.05, 0.1) is 13.2 Å². The lowest BCUT2D eigenvalue weighted by atomic mass is 10.1. The van der Waals surface area contributed by atoms with E-state index in [9.17, 15) is 13.4 Å². The highest BCUT2D eigenvalue weighted by Gasteiger charge is 2.13. The van der Waals surface area contributed by atoms with Crippen LogP contribution >= 0.6 is 0 Å². The third-order valence-electron chi connectivity index (χ3n) is 3.50. The topological polar surface area (TPSA) is 55.4 Å². The van der Waals surface area contributed by atoms with Crippen LogP contribution in [0, 0.1) is 5.82 Å². The van der Waals surface area contributed by atoms with Gasteiger partial charge in [0.1, 0.15) is 17.3 Å². The number of hydrogen-bond donors (Lipinski definition) is 1. The monoisotopic (exact) mass is 349 g/mol. The summed E-state index contributed by atoms with van der Waals surface area (Å²) in [5, 5.41) is 2.78. The summed E-state index contributed by atoms with van der Waals surface area (Å²) in [5.41, 5.74) is 1.65. The van der Waals surface area contributed by atoms with Crippen molar-refractivity contribution in [2.24, 2.45) is 0 Å². The maximum atomic E-state index is 12.9. The molecule has 0 fully saturated rings. The molecule has 2 aromatic rings. The molecule has 1 amide bonds. The quantitative estimate of drug-likeness (QED) is 0.836. The van der Waals surface area contributed by atoms with Gasteiger partial charge in [-0.2, -0.15) is 0 Å². The van der Waals surface area contributed by atoms with Crippen LogP contribution in [0.25, 0.3) is 0 Å². The molecule has 0 aromatic heterocycles. The van der Waals surface area contributed by atoms with Gasteiger partial charge in [0.2, 0.25) is 5.91 Å². The number of ether oxygens (including phenoxy) is 1. The van der Waals surface area contributed by atoms with E-state index >= 15 is 0 Å². The molecule has 2 aromatic carbocycles. The number of rotatable bonds is 7. The van der Waals surface area contributed by atoms with E-state index in [1.165, 1.54) is 12.1 Å². The van der Waals surface area contributed by atoms with Crippen molar-refractivity contribution in [3.8, 4) is 5.75 Å². The number of methoxy groups -OCH3 is 1. The fourth-order valence-electron chi connectivity index (χ4n) is 2.26. The van der Waals surface area contributed by atoms with E-state index in [1.54, 1.807) is 32.2 Å². The maximum Gasteiger partial charge on any atom is 0.233 e. The Morgan fingerprint density at radius 2 is 1.96 bits per heavy atom. The highest BCUT2D eigenvalue weighted by molar-refractivity contribution is 7.84. The number of halogens is 1. The van der Waals surface area contributed by atoms with Crippen molar-refractivity contribution in [2.45, 2.75) is 18.7 Å². The Morgan fingerprint density at radius 1 is 1.25 bits per heavy atom. The average molecular weight is 349 g/mol. The molecule has 0 aliphatic heterocycles. The number of carbonyl (C=O) groups is 1. The largest absolute Gasteiger partial charge is 0.497 e. The van der Waals surface area contributed by atoms with Gasteiger partial charge in [0.25, 0.3) is 0 Å². The first-order valence-corrected chi connectivity index (χ1v) is 8.99. The van der Waals surface area contributed by atoms with Crippen LogP contribution in [0.2, 0.25) is 0 Å². The fourth-order valence-corrected chi connectivity index (χ4v) is 3.29. The SMILES string of the molecule is COc1cccc(C[S@](=O)CC(=O)N[C@@H](C)c2ccc(F)cc2)c1. The molecule has 0 heterocycles. The zero-order valence-electron chi connectivity index (χ0n) is 13.6. The van der Waals surface area contributed by atoms with Crippen molar-refractivity contribution in [3.05, 3.63) is 65.5 Å². The van der Waals surface area contributed by atoms with E-state index in [1.807, 2.05) is 18.2 Å². The summed E-state index contributed by atoms with van der Waals surface area (Å²) in [5.74, 6) is 0.279. The fraction of sp³-hybridized carbons (Fsp3) is 0.278. The summed E-state index contributed by atoms with van der Waals surface area (Å²) < 4.78 is 30.2. The Labute approximate surface area is 143 Å². The van der Waals surface area contributed by atoms with Crippen LogP contribution in [0.4, 0.5) is 4.39 Å². The predicted molar refractivity (Wildman–Crippen MR) is 92.7 cm³/mol. The number of amides is 1. The highest BCUT2D eigenvalue weighted by Crippen LogP contribution is 2.15. The molecule has 0 unspecified atom stereocenters. The van der Waals surface area contributed by atoms with E-state index in [0.29, 0.717) is 5.75 Å². The summed E-state index contributed by atoms with van der Waals surface area (Å²) in [6.07, 6.45) is 0. The summed E-state index contributed by atoms with van der Waals surface area (Å²) in [6.45, 7) is 1.80. The minimum absolute atomic E-state index is 0.0806. The molecule has 0 spiro atoms. The molecule has 0 bridgehead atoms. The van der Waals surface area contributed by atoms with Crippen LogP contribution in [0.5, 0.6) is 5.75 Å². The van der Waals surface area contributed by atoms with Crippen LogP contribution < -0.4 is 10.1 Å². The minimum atomic E-state index is -1.32. The summed E-state index contributed by atoms with van der Waals surface area (Å²) in [4.78, 5) is 12.0. The first-order valence-electron chi connectivity index (χ1n) is 7.50. The summed E-state index contributed by atoms with van der Waals surface area (Å²) in [6, 6.07) is 12.9. The number of hydrogen-bond acceptors (Lipinski definition) is 3. The van der Waals surface area contributed by atoms with Crippen molar-refractivity contribution < 1.29 is 18.1 Å². The molecular formula is C18H20FNO3S. The maximum absolute atomic E-state index is 12.9. The van der Waals surface area contributed by atoms with Gasteiger partial charge in [-0.05, 0) is 42.3 Å². The molecule has 24 heavy (non-hydrogen) atoms. The van der Waals surface area contributed by atoms with Gasteiger partial charge in [-0.15, -0.1) is 0 Å². The molecule has 1 N–H and O–H groups in total. The van der Waals surface area contributed by atoms with Crippen molar-refractivity contribution in [1.29, 1.82) is 0 Å². The lowest BCUT2D eigenvalue weighted by molar-refractivity contribution is -0.119. The second kappa shape index (κ2) is 8.59. The number of benzene rings is 2. The Balaban J connectivity index is 1.86. The first kappa shape index (κ1) is 18.1. The van der Waals surface area contributed by atoms with Gasteiger partial charge in [-0.3, -0.25) is 9.00 Å². The second-order valence-electron chi connectivity index (χ2n) is 5.42. The first-order chi connectivity index (χ1) is 11.5. The van der Waals surface area contributed by atoms with Crippen LogP contribution in [0.3, 0.4) is 0 Å². The van der Waals surface area contributed by atoms with Crippen LogP contribution in [0.1, 0.15) is 24.1 Å². The standard InChI is InChI=1S/C18H20FNO3S/c1-13(15-6-8-16(19)9-7-15)20-18(21)12-24(22)11-14-4-3-5-17(10-14)23-2/h3-10,13H,11-12H2,1-2H3,(H,20,21)/t13-,24-/m0/s1. The normalized spacial score (nSPS) is 13.1. The molecule has 0 radical (unpaired) electrons. The Kier molecular flexibility index (Phi) is 6.49. The van der Waals surface area contributed by atoms with Gasteiger partial charge in [-0.1, -0.05) is 24.3 Å². The van der Waals surface area contributed by atoms with E-state index in [0.717, 1.165) is 11.1 Å². The minimum Gasteiger partial charge on any atom is -0.497 e. The van der Waals surface area contributed by atoms with Gasteiger partial charge < -0.3 is 10.1 Å². The second-order valence-corrected chi connectivity index (χ2v) is 6.88. The van der Waals surface area contributed by atoms with Crippen molar-refractivity contribution in [1.82, 2.24) is 5.32 Å². The molecule has 0 saturated carbocycles. The zero-order valence-corrected chi connectivity index (χ0v) is 14.4. The van der Waals surface area contributed by atoms with Crippen molar-refractivity contribution in [2.75, 3.05) is 12.9 Å². The molecule has 0 aliphatic carbocycles. The van der Waals surface area contributed by atoms with E-state index in [4.69, 9.17) is 4.74 Å². The molecule has 6 heteroatoms. The molecule has 2 atom stereocenters. The van der Waals surface area contributed by atoms with Crippen LogP contribution in [-0.2, 0) is 21.3 Å². The lowest BCUT2D eigenvalue weighted by Gasteiger charge is -2.14. The van der Waals surface area contributed by atoms with E-state index in [-0.39, 0.29) is 29.3 Å². The van der Waals surface area contributed by atoms with Gasteiger partial charge >= 0.3 is 0 Å². The number of nitrogens with one attached hydrogen (secondary N) is 1. The van der Waals surface area contributed by atoms with E-state index < -0.39 is 10.8 Å². The summed E-state index contributed by atoms with van der Waals surface area (Å²) in [7, 11) is 0.254. The molecule has 0 saturated heterocycles. The zero-order chi connectivity index (χ0) is 17.5. The van der Waals surface area contributed by atoms with Gasteiger partial charge in [0, 0.05) is 16.6 Å². The molecular weight excluding hydrogens is 329 g/mol. The van der Waals surface area contributed by atoms with Crippen molar-refractivity contribution >= 4 is 16.7 Å². The summed E-state index contributed by atoms with van der Waals surface area (Å²) >= 11 is 0. The highest BCUT2D eigenvalue weighted by atomic mass is 32.2. The van der Waals surface area contributed by atoms with E-state index in [2.05, 4.69) is 5.32 Å². The molecule has 4 nitrogen and oxygen atoms in total. The van der Waals surface area contributed by atoms with Crippen molar-refractivity contribution in [3.63, 3.8) is 0 Å². The Bertz CT molecular complexity index is 718.